The molecule has 0 aromatic heterocycles. The zero-order valence-electron chi connectivity index (χ0n) is 10.9. The van der Waals surface area contributed by atoms with Crippen molar-refractivity contribution >= 4 is 11.6 Å². The van der Waals surface area contributed by atoms with E-state index in [1.807, 2.05) is 24.3 Å². The SMILES string of the molecule is Oc1ccc(C2CNCC2c2cccc(Cl)c2)cc1O. The van der Waals surface area contributed by atoms with E-state index in [1.165, 1.54) is 11.6 Å². The van der Waals surface area contributed by atoms with Gasteiger partial charge in [0.2, 0.25) is 0 Å². The molecule has 1 aliphatic rings. The van der Waals surface area contributed by atoms with Crippen LogP contribution >= 0.6 is 11.6 Å². The summed E-state index contributed by atoms with van der Waals surface area (Å²) in [6.45, 7) is 1.73. The molecule has 2 unspecified atom stereocenters. The predicted octanol–water partition coefficient (Wildman–Crippen LogP) is 3.22. The van der Waals surface area contributed by atoms with Gasteiger partial charge in [-0.05, 0) is 35.4 Å². The molecule has 1 fully saturated rings. The highest BCUT2D eigenvalue weighted by Gasteiger charge is 2.30. The second-order valence-corrected chi connectivity index (χ2v) is 5.61. The fourth-order valence-electron chi connectivity index (χ4n) is 2.89. The average Bonchev–Trinajstić information content (AvgIpc) is 2.91. The second-order valence-electron chi connectivity index (χ2n) is 5.17. The van der Waals surface area contributed by atoms with E-state index < -0.39 is 0 Å². The molecule has 0 amide bonds. The number of aromatic hydroxyl groups is 2. The first-order chi connectivity index (χ1) is 9.65. The molecule has 0 spiro atoms. The fourth-order valence-corrected chi connectivity index (χ4v) is 3.09. The topological polar surface area (TPSA) is 52.5 Å². The largest absolute Gasteiger partial charge is 0.504 e. The lowest BCUT2D eigenvalue weighted by Crippen LogP contribution is -2.09. The number of rotatable bonds is 2. The number of phenols is 2. The molecule has 0 radical (unpaired) electrons. The Balaban J connectivity index is 1.94. The molecule has 1 aliphatic heterocycles. The molecular formula is C16H16ClNO2. The summed E-state index contributed by atoms with van der Waals surface area (Å²) >= 11 is 6.07. The van der Waals surface area contributed by atoms with Crippen molar-refractivity contribution < 1.29 is 10.2 Å². The number of phenolic OH excluding ortho intramolecular Hbond substituents is 2. The van der Waals surface area contributed by atoms with E-state index in [-0.39, 0.29) is 17.4 Å². The van der Waals surface area contributed by atoms with Gasteiger partial charge in [0.1, 0.15) is 0 Å². The monoisotopic (exact) mass is 289 g/mol. The van der Waals surface area contributed by atoms with E-state index in [2.05, 4.69) is 11.4 Å². The van der Waals surface area contributed by atoms with Crippen molar-refractivity contribution in [3.05, 3.63) is 58.6 Å². The highest BCUT2D eigenvalue weighted by Crippen LogP contribution is 2.39. The average molecular weight is 290 g/mol. The Labute approximate surface area is 122 Å². The molecule has 3 rings (SSSR count). The molecule has 3 nitrogen and oxygen atoms in total. The summed E-state index contributed by atoms with van der Waals surface area (Å²) in [5.74, 6) is 0.427. The minimum atomic E-state index is -0.0842. The molecule has 4 heteroatoms. The lowest BCUT2D eigenvalue weighted by Gasteiger charge is -2.20. The lowest BCUT2D eigenvalue weighted by molar-refractivity contribution is 0.402. The number of nitrogens with one attached hydrogen (secondary N) is 1. The Kier molecular flexibility index (Phi) is 3.55. The summed E-state index contributed by atoms with van der Waals surface area (Å²) in [5, 5.41) is 23.2. The Morgan fingerprint density at radius 2 is 1.60 bits per heavy atom. The maximum Gasteiger partial charge on any atom is 0.157 e. The number of hydrogen-bond donors (Lipinski definition) is 3. The van der Waals surface area contributed by atoms with Crippen LogP contribution in [-0.4, -0.2) is 23.3 Å². The lowest BCUT2D eigenvalue weighted by atomic mass is 9.84. The van der Waals surface area contributed by atoms with Crippen LogP contribution in [0, 0.1) is 0 Å². The first-order valence-electron chi connectivity index (χ1n) is 6.63. The van der Waals surface area contributed by atoms with Gasteiger partial charge < -0.3 is 15.5 Å². The standard InChI is InChI=1S/C16H16ClNO2/c17-12-3-1-2-10(6-12)13-8-18-9-14(13)11-4-5-15(19)16(20)7-11/h1-7,13-14,18-20H,8-9H2. The molecule has 0 saturated carbocycles. The van der Waals surface area contributed by atoms with Gasteiger partial charge in [0.25, 0.3) is 0 Å². The van der Waals surface area contributed by atoms with Crippen LogP contribution in [0.5, 0.6) is 11.5 Å². The van der Waals surface area contributed by atoms with Gasteiger partial charge in [-0.3, -0.25) is 0 Å². The first kappa shape index (κ1) is 13.3. The second kappa shape index (κ2) is 5.35. The number of halogens is 1. The van der Waals surface area contributed by atoms with Gasteiger partial charge in [0, 0.05) is 29.9 Å². The summed E-state index contributed by atoms with van der Waals surface area (Å²) in [5.41, 5.74) is 2.22. The van der Waals surface area contributed by atoms with Crippen molar-refractivity contribution in [2.75, 3.05) is 13.1 Å². The highest BCUT2D eigenvalue weighted by atomic mass is 35.5. The van der Waals surface area contributed by atoms with Crippen LogP contribution in [0.1, 0.15) is 23.0 Å². The molecule has 1 saturated heterocycles. The third kappa shape index (κ3) is 2.47. The summed E-state index contributed by atoms with van der Waals surface area (Å²) < 4.78 is 0. The third-order valence-corrected chi connectivity index (χ3v) is 4.15. The highest BCUT2D eigenvalue weighted by molar-refractivity contribution is 6.30. The van der Waals surface area contributed by atoms with Crippen LogP contribution in [-0.2, 0) is 0 Å². The minimum absolute atomic E-state index is 0.0701. The summed E-state index contributed by atoms with van der Waals surface area (Å²) in [6.07, 6.45) is 0. The molecule has 2 aromatic carbocycles. The van der Waals surface area contributed by atoms with E-state index in [9.17, 15) is 10.2 Å². The Morgan fingerprint density at radius 1 is 0.900 bits per heavy atom. The summed E-state index contributed by atoms with van der Waals surface area (Å²) in [7, 11) is 0. The summed E-state index contributed by atoms with van der Waals surface area (Å²) in [6, 6.07) is 13.0. The van der Waals surface area contributed by atoms with Gasteiger partial charge in [0.15, 0.2) is 11.5 Å². The molecule has 2 aromatic rings. The van der Waals surface area contributed by atoms with Gasteiger partial charge in [0.05, 0.1) is 0 Å². The van der Waals surface area contributed by atoms with Crippen molar-refractivity contribution in [1.29, 1.82) is 0 Å². The van der Waals surface area contributed by atoms with Gasteiger partial charge in [-0.15, -0.1) is 0 Å². The van der Waals surface area contributed by atoms with Gasteiger partial charge in [-0.25, -0.2) is 0 Å². The normalized spacial score (nSPS) is 22.1. The Bertz CT molecular complexity index is 630. The maximum absolute atomic E-state index is 9.67. The molecule has 3 N–H and O–H groups in total. The Morgan fingerprint density at radius 3 is 2.25 bits per heavy atom. The van der Waals surface area contributed by atoms with Crippen LogP contribution < -0.4 is 5.32 Å². The third-order valence-electron chi connectivity index (χ3n) is 3.92. The fraction of sp³-hybridized carbons (Fsp3) is 0.250. The van der Waals surface area contributed by atoms with E-state index in [1.54, 1.807) is 6.07 Å². The predicted molar refractivity (Wildman–Crippen MR) is 79.6 cm³/mol. The molecule has 20 heavy (non-hydrogen) atoms. The molecule has 0 bridgehead atoms. The van der Waals surface area contributed by atoms with Gasteiger partial charge in [-0.1, -0.05) is 29.8 Å². The van der Waals surface area contributed by atoms with Crippen molar-refractivity contribution in [3.63, 3.8) is 0 Å². The first-order valence-corrected chi connectivity index (χ1v) is 7.01. The minimum Gasteiger partial charge on any atom is -0.504 e. The van der Waals surface area contributed by atoms with Crippen molar-refractivity contribution in [3.8, 4) is 11.5 Å². The van der Waals surface area contributed by atoms with Gasteiger partial charge >= 0.3 is 0 Å². The van der Waals surface area contributed by atoms with Crippen molar-refractivity contribution in [2.45, 2.75) is 11.8 Å². The molecular weight excluding hydrogens is 274 g/mol. The van der Waals surface area contributed by atoms with E-state index >= 15 is 0 Å². The maximum atomic E-state index is 9.67. The molecule has 1 heterocycles. The number of benzene rings is 2. The van der Waals surface area contributed by atoms with Crippen LogP contribution in [0.25, 0.3) is 0 Å². The van der Waals surface area contributed by atoms with E-state index in [4.69, 9.17) is 11.6 Å². The van der Waals surface area contributed by atoms with Crippen molar-refractivity contribution in [1.82, 2.24) is 5.32 Å². The van der Waals surface area contributed by atoms with Crippen LogP contribution in [0.15, 0.2) is 42.5 Å². The van der Waals surface area contributed by atoms with E-state index in [0.717, 1.165) is 23.7 Å². The summed E-state index contributed by atoms with van der Waals surface area (Å²) in [4.78, 5) is 0. The zero-order chi connectivity index (χ0) is 14.1. The number of hydrogen-bond acceptors (Lipinski definition) is 3. The molecule has 0 aliphatic carbocycles. The van der Waals surface area contributed by atoms with Gasteiger partial charge in [-0.2, -0.15) is 0 Å². The van der Waals surface area contributed by atoms with E-state index in [0.29, 0.717) is 5.92 Å². The smallest absolute Gasteiger partial charge is 0.157 e. The Hall–Kier alpha value is -1.71. The zero-order valence-corrected chi connectivity index (χ0v) is 11.6. The molecule has 104 valence electrons. The molecule has 2 atom stereocenters. The van der Waals surface area contributed by atoms with Crippen molar-refractivity contribution in [2.24, 2.45) is 0 Å². The quantitative estimate of drug-likeness (QED) is 0.744. The van der Waals surface area contributed by atoms with Crippen LogP contribution in [0.4, 0.5) is 0 Å². The van der Waals surface area contributed by atoms with Crippen LogP contribution in [0.3, 0.4) is 0 Å². The van der Waals surface area contributed by atoms with Crippen LogP contribution in [0.2, 0.25) is 5.02 Å².